The number of nitrogens with zero attached hydrogens (tertiary/aromatic N) is 2. The van der Waals surface area contributed by atoms with Gasteiger partial charge < -0.3 is 19.1 Å². The van der Waals surface area contributed by atoms with Crippen LogP contribution in [0.3, 0.4) is 0 Å². The standard InChI is InChI=1S/C37H46N2O5S/c1-9-10-19-42-34(41)28(24(3)45)21-35(4,5)23(2)33(40)43-26-17-15-25-16-18-31-32(27(25)20-26)38-22-37(44-31)36(6,7)29-13-11-12-14-30(29)39(37)8/h11-18,20,22-24,28,45H,9-10,19,21H2,1-8H3. The Morgan fingerprint density at radius 1 is 1.07 bits per heavy atom. The lowest BCUT2D eigenvalue weighted by molar-refractivity contribution is -0.152. The van der Waals surface area contributed by atoms with Crippen molar-refractivity contribution in [3.8, 4) is 11.5 Å². The van der Waals surface area contributed by atoms with Crippen molar-refractivity contribution in [2.24, 2.45) is 22.2 Å². The molecule has 240 valence electrons. The molecule has 0 saturated carbocycles. The molecule has 4 atom stereocenters. The Hall–Kier alpha value is -3.52. The van der Waals surface area contributed by atoms with E-state index in [4.69, 9.17) is 19.2 Å². The zero-order chi connectivity index (χ0) is 32.7. The second-order valence-corrected chi connectivity index (χ2v) is 14.6. The normalized spacial score (nSPS) is 20.2. The number of fused-ring (bicyclic) bond motifs is 4. The summed E-state index contributed by atoms with van der Waals surface area (Å²) >= 11 is 4.58. The van der Waals surface area contributed by atoms with E-state index < -0.39 is 23.0 Å². The first-order chi connectivity index (χ1) is 21.2. The maximum atomic E-state index is 13.5. The maximum absolute atomic E-state index is 13.5. The van der Waals surface area contributed by atoms with Gasteiger partial charge in [-0.05, 0) is 67.3 Å². The van der Waals surface area contributed by atoms with E-state index >= 15 is 0 Å². The predicted octanol–water partition coefficient (Wildman–Crippen LogP) is 8.29. The third-order valence-corrected chi connectivity index (χ3v) is 10.4. The van der Waals surface area contributed by atoms with Crippen molar-refractivity contribution in [3.05, 3.63) is 60.2 Å². The minimum atomic E-state index is -0.784. The lowest BCUT2D eigenvalue weighted by Crippen LogP contribution is -2.61. The third kappa shape index (κ3) is 5.82. The lowest BCUT2D eigenvalue weighted by Gasteiger charge is -2.45. The van der Waals surface area contributed by atoms with Gasteiger partial charge >= 0.3 is 11.9 Å². The zero-order valence-electron chi connectivity index (χ0n) is 27.7. The maximum Gasteiger partial charge on any atom is 0.314 e. The molecule has 0 N–H and O–H groups in total. The summed E-state index contributed by atoms with van der Waals surface area (Å²) in [6, 6.07) is 17.9. The minimum Gasteiger partial charge on any atom is -0.465 e. The Labute approximate surface area is 272 Å². The number of unbranched alkanes of at least 4 members (excludes halogenated alkanes) is 1. The highest BCUT2D eigenvalue weighted by Gasteiger charge is 2.58. The van der Waals surface area contributed by atoms with Gasteiger partial charge in [-0.3, -0.25) is 14.6 Å². The van der Waals surface area contributed by atoms with Crippen LogP contribution in [0.15, 0.2) is 59.6 Å². The molecule has 8 heteroatoms. The highest BCUT2D eigenvalue weighted by atomic mass is 32.1. The summed E-state index contributed by atoms with van der Waals surface area (Å²) in [7, 11) is 2.04. The van der Waals surface area contributed by atoms with Crippen molar-refractivity contribution in [3.63, 3.8) is 0 Å². The van der Waals surface area contributed by atoms with Gasteiger partial charge in [-0.25, -0.2) is 0 Å². The number of likely N-dealkylation sites (N-methyl/N-ethyl adjacent to an activating group) is 1. The van der Waals surface area contributed by atoms with Gasteiger partial charge in [0, 0.05) is 23.4 Å². The molecular weight excluding hydrogens is 584 g/mol. The number of carbonyl (C=O) groups is 2. The van der Waals surface area contributed by atoms with Crippen molar-refractivity contribution in [1.82, 2.24) is 0 Å². The Balaban J connectivity index is 1.36. The number of benzene rings is 3. The summed E-state index contributed by atoms with van der Waals surface area (Å²) in [5, 5.41) is 1.60. The summed E-state index contributed by atoms with van der Waals surface area (Å²) in [4.78, 5) is 33.5. The summed E-state index contributed by atoms with van der Waals surface area (Å²) in [5.74, 6) is -0.435. The molecule has 2 aliphatic heterocycles. The second kappa shape index (κ2) is 12.3. The van der Waals surface area contributed by atoms with Crippen LogP contribution in [0.2, 0.25) is 0 Å². The van der Waals surface area contributed by atoms with E-state index in [1.54, 1.807) is 6.07 Å². The van der Waals surface area contributed by atoms with Crippen LogP contribution in [0.5, 0.6) is 11.5 Å². The zero-order valence-corrected chi connectivity index (χ0v) is 28.6. The van der Waals surface area contributed by atoms with Gasteiger partial charge in [0.2, 0.25) is 5.72 Å². The molecule has 0 bridgehead atoms. The Kier molecular flexibility index (Phi) is 9.02. The molecule has 0 aliphatic carbocycles. The molecule has 0 fully saturated rings. The van der Waals surface area contributed by atoms with Crippen molar-refractivity contribution in [2.75, 3.05) is 18.6 Å². The van der Waals surface area contributed by atoms with Gasteiger partial charge in [0.15, 0.2) is 0 Å². The molecule has 5 rings (SSSR count). The Morgan fingerprint density at radius 3 is 2.47 bits per heavy atom. The number of para-hydroxylation sites is 1. The van der Waals surface area contributed by atoms with Crippen LogP contribution in [-0.4, -0.2) is 42.8 Å². The van der Waals surface area contributed by atoms with E-state index in [0.29, 0.717) is 30.2 Å². The molecule has 0 radical (unpaired) electrons. The number of aliphatic imine (C=N–C) groups is 1. The largest absolute Gasteiger partial charge is 0.465 e. The summed E-state index contributed by atoms with van der Waals surface area (Å²) in [5.41, 5.74) is 1.35. The smallest absolute Gasteiger partial charge is 0.314 e. The van der Waals surface area contributed by atoms with E-state index in [1.807, 2.05) is 71.3 Å². The quantitative estimate of drug-likeness (QED) is 0.105. The highest BCUT2D eigenvalue weighted by molar-refractivity contribution is 7.81. The number of hydrogen-bond acceptors (Lipinski definition) is 8. The average Bonchev–Trinajstić information content (AvgIpc) is 3.17. The minimum absolute atomic E-state index is 0.209. The molecule has 0 saturated heterocycles. The van der Waals surface area contributed by atoms with Crippen molar-refractivity contribution < 1.29 is 23.8 Å². The second-order valence-electron chi connectivity index (χ2n) is 13.8. The van der Waals surface area contributed by atoms with E-state index in [1.165, 1.54) is 5.56 Å². The van der Waals surface area contributed by atoms with Gasteiger partial charge in [-0.15, -0.1) is 0 Å². The third-order valence-electron chi connectivity index (χ3n) is 10.0. The van der Waals surface area contributed by atoms with Crippen LogP contribution in [0.4, 0.5) is 11.4 Å². The number of rotatable bonds is 10. The average molecular weight is 631 g/mol. The number of ether oxygens (including phenoxy) is 3. The van der Waals surface area contributed by atoms with Crippen LogP contribution in [0, 0.1) is 17.3 Å². The molecular formula is C37H46N2O5S. The fourth-order valence-electron chi connectivity index (χ4n) is 6.56. The highest BCUT2D eigenvalue weighted by Crippen LogP contribution is 2.54. The lowest BCUT2D eigenvalue weighted by atomic mass is 9.73. The number of anilines is 1. The molecule has 2 heterocycles. The van der Waals surface area contributed by atoms with E-state index in [0.717, 1.165) is 29.3 Å². The number of carbonyl (C=O) groups excluding carboxylic acids is 2. The van der Waals surface area contributed by atoms with Gasteiger partial charge in [0.05, 0.1) is 30.1 Å². The summed E-state index contributed by atoms with van der Waals surface area (Å²) in [6.45, 7) is 14.5. The van der Waals surface area contributed by atoms with E-state index in [-0.39, 0.29) is 22.6 Å². The van der Waals surface area contributed by atoms with Gasteiger partial charge in [-0.2, -0.15) is 12.6 Å². The van der Waals surface area contributed by atoms with E-state index in [9.17, 15) is 9.59 Å². The first-order valence-corrected chi connectivity index (χ1v) is 16.5. The monoisotopic (exact) mass is 630 g/mol. The van der Waals surface area contributed by atoms with Crippen molar-refractivity contribution >= 4 is 52.9 Å². The van der Waals surface area contributed by atoms with Crippen LogP contribution < -0.4 is 14.4 Å². The Bertz CT molecular complexity index is 1630. The molecule has 1 spiro atoms. The molecule has 0 amide bonds. The van der Waals surface area contributed by atoms with Crippen LogP contribution >= 0.6 is 12.6 Å². The van der Waals surface area contributed by atoms with Crippen LogP contribution in [0.1, 0.15) is 73.3 Å². The van der Waals surface area contributed by atoms with Crippen molar-refractivity contribution in [1.29, 1.82) is 0 Å². The van der Waals surface area contributed by atoms with Gasteiger partial charge in [-0.1, -0.05) is 71.4 Å². The summed E-state index contributed by atoms with van der Waals surface area (Å²) < 4.78 is 18.3. The molecule has 4 unspecified atom stereocenters. The van der Waals surface area contributed by atoms with Gasteiger partial charge in [0.25, 0.3) is 0 Å². The molecule has 7 nitrogen and oxygen atoms in total. The number of thiol groups is 1. The number of esters is 2. The molecule has 0 aromatic heterocycles. The van der Waals surface area contributed by atoms with Crippen LogP contribution in [0.25, 0.3) is 10.8 Å². The predicted molar refractivity (Wildman–Crippen MR) is 184 cm³/mol. The Morgan fingerprint density at radius 2 is 1.78 bits per heavy atom. The first kappa shape index (κ1) is 32.9. The SMILES string of the molecule is CCCCOC(=O)C(CC(C)(C)C(C)C(=O)Oc1ccc2ccc3c(c2c1)N=CC1(O3)N(C)c2ccccc2C1(C)C)C(C)S. The molecule has 45 heavy (non-hydrogen) atoms. The fourth-order valence-corrected chi connectivity index (χ4v) is 6.79. The fraction of sp³-hybridized carbons (Fsp3) is 0.486. The molecule has 2 aliphatic rings. The molecule has 3 aromatic rings. The van der Waals surface area contributed by atoms with Crippen molar-refractivity contribution in [2.45, 2.75) is 84.1 Å². The summed E-state index contributed by atoms with van der Waals surface area (Å²) in [6.07, 6.45) is 4.13. The van der Waals surface area contributed by atoms with Gasteiger partial charge in [0.1, 0.15) is 17.2 Å². The van der Waals surface area contributed by atoms with E-state index in [2.05, 4.69) is 56.5 Å². The number of hydrogen-bond donors (Lipinski definition) is 1. The molecule has 3 aromatic carbocycles. The topological polar surface area (TPSA) is 77.4 Å². The first-order valence-electron chi connectivity index (χ1n) is 15.9. The van der Waals surface area contributed by atoms with Crippen LogP contribution in [-0.2, 0) is 19.7 Å².